The zero-order chi connectivity index (χ0) is 13.8. The zero-order valence-corrected chi connectivity index (χ0v) is 13.3. The van der Waals surface area contributed by atoms with E-state index in [4.69, 9.17) is 27.9 Å². The highest BCUT2D eigenvalue weighted by atomic mass is 79.9. The Morgan fingerprint density at radius 1 is 1.16 bits per heavy atom. The van der Waals surface area contributed by atoms with Crippen LogP contribution in [-0.2, 0) is 6.54 Å². The summed E-state index contributed by atoms with van der Waals surface area (Å²) in [4.78, 5) is 0. The average Bonchev–Trinajstić information content (AvgIpc) is 2.37. The summed E-state index contributed by atoms with van der Waals surface area (Å²) >= 11 is 15.5. The predicted molar refractivity (Wildman–Crippen MR) is 83.4 cm³/mol. The number of hydrogen-bond donors (Lipinski definition) is 1. The summed E-state index contributed by atoms with van der Waals surface area (Å²) in [7, 11) is 1.90. The highest BCUT2D eigenvalue weighted by Gasteiger charge is 2.08. The Hall–Kier alpha value is -0.740. The van der Waals surface area contributed by atoms with Gasteiger partial charge in [-0.05, 0) is 46.7 Å². The Kier molecular flexibility index (Phi) is 5.11. The molecule has 0 fully saturated rings. The molecular formula is C14H12BrCl2NO. The van der Waals surface area contributed by atoms with Crippen LogP contribution in [0.1, 0.15) is 5.56 Å². The van der Waals surface area contributed by atoms with Crippen molar-refractivity contribution >= 4 is 39.1 Å². The third-order valence-electron chi connectivity index (χ3n) is 2.48. The van der Waals surface area contributed by atoms with Crippen LogP contribution in [0.2, 0.25) is 10.0 Å². The van der Waals surface area contributed by atoms with Crippen molar-refractivity contribution in [2.45, 2.75) is 6.54 Å². The minimum absolute atomic E-state index is 0.510. The highest BCUT2D eigenvalue weighted by molar-refractivity contribution is 9.10. The van der Waals surface area contributed by atoms with Crippen LogP contribution in [0.25, 0.3) is 0 Å². The van der Waals surface area contributed by atoms with Crippen LogP contribution in [0.4, 0.5) is 0 Å². The van der Waals surface area contributed by atoms with Crippen molar-refractivity contribution in [3.8, 4) is 11.5 Å². The Balaban J connectivity index is 2.25. The fraction of sp³-hybridized carbons (Fsp3) is 0.143. The average molecular weight is 361 g/mol. The molecule has 0 aliphatic heterocycles. The summed E-state index contributed by atoms with van der Waals surface area (Å²) in [5.74, 6) is 1.27. The van der Waals surface area contributed by atoms with Crippen LogP contribution in [0, 0.1) is 0 Å². The molecular weight excluding hydrogens is 349 g/mol. The summed E-state index contributed by atoms with van der Waals surface area (Å²) < 4.78 is 6.51. The van der Waals surface area contributed by atoms with Crippen molar-refractivity contribution in [2.24, 2.45) is 0 Å². The smallest absolute Gasteiger partial charge is 0.147 e. The molecule has 0 heterocycles. The van der Waals surface area contributed by atoms with Gasteiger partial charge in [-0.2, -0.15) is 0 Å². The summed E-state index contributed by atoms with van der Waals surface area (Å²) in [6, 6.07) is 11.2. The number of benzene rings is 2. The lowest BCUT2D eigenvalue weighted by Crippen LogP contribution is -2.04. The van der Waals surface area contributed by atoms with Gasteiger partial charge in [-0.1, -0.05) is 35.3 Å². The molecule has 0 aromatic heterocycles. The number of hydrogen-bond acceptors (Lipinski definition) is 2. The molecule has 1 N–H and O–H groups in total. The van der Waals surface area contributed by atoms with E-state index in [1.54, 1.807) is 12.1 Å². The molecule has 0 bridgehead atoms. The maximum Gasteiger partial charge on any atom is 0.147 e. The molecule has 0 atom stereocenters. The fourth-order valence-electron chi connectivity index (χ4n) is 1.63. The molecule has 0 amide bonds. The molecule has 0 aliphatic carbocycles. The van der Waals surface area contributed by atoms with Crippen LogP contribution < -0.4 is 10.1 Å². The second kappa shape index (κ2) is 6.62. The fourth-order valence-corrected chi connectivity index (χ4v) is 2.46. The van der Waals surface area contributed by atoms with Crippen molar-refractivity contribution < 1.29 is 4.74 Å². The second-order valence-electron chi connectivity index (χ2n) is 3.98. The predicted octanol–water partition coefficient (Wildman–Crippen LogP) is 5.27. The van der Waals surface area contributed by atoms with Gasteiger partial charge in [0.2, 0.25) is 0 Å². The molecule has 0 radical (unpaired) electrons. The molecule has 0 spiro atoms. The molecule has 2 nitrogen and oxygen atoms in total. The molecule has 0 unspecified atom stereocenters. The number of rotatable bonds is 4. The van der Waals surface area contributed by atoms with Crippen LogP contribution in [0.3, 0.4) is 0 Å². The van der Waals surface area contributed by atoms with Gasteiger partial charge < -0.3 is 10.1 Å². The molecule has 2 aromatic rings. The summed E-state index contributed by atoms with van der Waals surface area (Å²) in [6.45, 7) is 0.784. The van der Waals surface area contributed by atoms with Crippen molar-refractivity contribution in [3.63, 3.8) is 0 Å². The minimum Gasteiger partial charge on any atom is -0.456 e. The van der Waals surface area contributed by atoms with E-state index in [2.05, 4.69) is 21.2 Å². The van der Waals surface area contributed by atoms with Crippen molar-refractivity contribution in [2.75, 3.05) is 7.05 Å². The summed E-state index contributed by atoms with van der Waals surface area (Å²) in [5.41, 5.74) is 1.14. The first-order chi connectivity index (χ1) is 9.10. The van der Waals surface area contributed by atoms with E-state index in [9.17, 15) is 0 Å². The van der Waals surface area contributed by atoms with Crippen molar-refractivity contribution in [1.29, 1.82) is 0 Å². The molecule has 0 saturated carbocycles. The van der Waals surface area contributed by atoms with Gasteiger partial charge >= 0.3 is 0 Å². The normalized spacial score (nSPS) is 10.5. The molecule has 19 heavy (non-hydrogen) atoms. The van der Waals surface area contributed by atoms with Gasteiger partial charge in [0.1, 0.15) is 11.5 Å². The first-order valence-electron chi connectivity index (χ1n) is 5.66. The van der Waals surface area contributed by atoms with Crippen LogP contribution in [-0.4, -0.2) is 7.05 Å². The van der Waals surface area contributed by atoms with Gasteiger partial charge in [-0.3, -0.25) is 0 Å². The Labute approximate surface area is 130 Å². The van der Waals surface area contributed by atoms with Gasteiger partial charge in [-0.25, -0.2) is 0 Å². The van der Waals surface area contributed by atoms with Crippen molar-refractivity contribution in [3.05, 3.63) is 56.5 Å². The number of ether oxygens (including phenoxy) is 1. The van der Waals surface area contributed by atoms with E-state index in [0.29, 0.717) is 15.8 Å². The van der Waals surface area contributed by atoms with Gasteiger partial charge in [0.05, 0.1) is 10.0 Å². The van der Waals surface area contributed by atoms with E-state index in [1.165, 1.54) is 0 Å². The van der Waals surface area contributed by atoms with Crippen molar-refractivity contribution in [1.82, 2.24) is 5.32 Å². The molecule has 0 saturated heterocycles. The van der Waals surface area contributed by atoms with E-state index in [-0.39, 0.29) is 0 Å². The Morgan fingerprint density at radius 3 is 2.68 bits per heavy atom. The largest absolute Gasteiger partial charge is 0.456 e. The van der Waals surface area contributed by atoms with Gasteiger partial charge in [0.15, 0.2) is 0 Å². The van der Waals surface area contributed by atoms with Crippen LogP contribution >= 0.6 is 39.1 Å². The molecule has 0 aliphatic rings. The standard InChI is InChI=1S/C14H12BrCl2NO/c1-18-8-9-3-2-4-10(5-9)19-14-7-12(16)11(15)6-13(14)17/h2-7,18H,8H2,1H3. The van der Waals surface area contributed by atoms with Gasteiger partial charge in [0, 0.05) is 17.1 Å². The lowest BCUT2D eigenvalue weighted by molar-refractivity contribution is 0.482. The van der Waals surface area contributed by atoms with E-state index >= 15 is 0 Å². The van der Waals surface area contributed by atoms with Gasteiger partial charge in [0.25, 0.3) is 0 Å². The topological polar surface area (TPSA) is 21.3 Å². The summed E-state index contributed by atoms with van der Waals surface area (Å²) in [6.07, 6.45) is 0. The van der Waals surface area contributed by atoms with E-state index < -0.39 is 0 Å². The number of nitrogens with one attached hydrogen (secondary N) is 1. The maximum atomic E-state index is 6.13. The lowest BCUT2D eigenvalue weighted by atomic mass is 10.2. The highest BCUT2D eigenvalue weighted by Crippen LogP contribution is 2.36. The second-order valence-corrected chi connectivity index (χ2v) is 5.65. The summed E-state index contributed by atoms with van der Waals surface area (Å²) in [5, 5.41) is 4.16. The minimum atomic E-state index is 0.510. The third-order valence-corrected chi connectivity index (χ3v) is 3.97. The Bertz CT molecular complexity index is 590. The quantitative estimate of drug-likeness (QED) is 0.750. The first-order valence-corrected chi connectivity index (χ1v) is 7.21. The zero-order valence-electron chi connectivity index (χ0n) is 10.2. The lowest BCUT2D eigenvalue weighted by Gasteiger charge is -2.10. The Morgan fingerprint density at radius 2 is 1.95 bits per heavy atom. The first kappa shape index (κ1) is 14.7. The molecule has 100 valence electrons. The van der Waals surface area contributed by atoms with Gasteiger partial charge in [-0.15, -0.1) is 0 Å². The molecule has 2 aromatic carbocycles. The van der Waals surface area contributed by atoms with Crippen LogP contribution in [0.5, 0.6) is 11.5 Å². The van der Waals surface area contributed by atoms with E-state index in [0.717, 1.165) is 22.3 Å². The van der Waals surface area contributed by atoms with Crippen LogP contribution in [0.15, 0.2) is 40.9 Å². The van der Waals surface area contributed by atoms with E-state index in [1.807, 2.05) is 31.3 Å². The molecule has 5 heteroatoms. The molecule has 2 rings (SSSR count). The third kappa shape index (κ3) is 3.86. The number of halogens is 3. The monoisotopic (exact) mass is 359 g/mol. The maximum absolute atomic E-state index is 6.13. The SMILES string of the molecule is CNCc1cccc(Oc2cc(Cl)c(Br)cc2Cl)c1.